The third-order valence-corrected chi connectivity index (χ3v) is 3.96. The van der Waals surface area contributed by atoms with Crippen molar-refractivity contribution < 1.29 is 17.9 Å². The molecule has 1 heterocycles. The topological polar surface area (TPSA) is 50.8 Å². The van der Waals surface area contributed by atoms with Gasteiger partial charge in [-0.25, -0.2) is 4.99 Å². The number of nitrogens with zero attached hydrogens (tertiary/aromatic N) is 2. The Morgan fingerprint density at radius 2 is 1.92 bits per heavy atom. The first-order chi connectivity index (χ1) is 11.3. The number of piperidine rings is 1. The molecule has 8 heteroatoms. The van der Waals surface area contributed by atoms with Gasteiger partial charge in [-0.3, -0.25) is 0 Å². The summed E-state index contributed by atoms with van der Waals surface area (Å²) >= 11 is 0. The van der Waals surface area contributed by atoms with Crippen LogP contribution in [0.3, 0.4) is 0 Å². The molecule has 2 N–H and O–H groups in total. The standard InChI is InChI=1S/C17H24F3N3O.HI/c1-13-3-2-8-23(10-13)16(21)22-9-14-4-6-15(7-5-14)11-24-12-17(18,19)20;/h4-7,13H,2-3,8-12H2,1H3,(H2,21,22);1H. The van der Waals surface area contributed by atoms with Crippen molar-refractivity contribution in [2.75, 3.05) is 19.7 Å². The Bertz CT molecular complexity index is 549. The smallest absolute Gasteiger partial charge is 0.370 e. The summed E-state index contributed by atoms with van der Waals surface area (Å²) in [4.78, 5) is 6.52. The molecule has 0 saturated carbocycles. The zero-order valence-electron chi connectivity index (χ0n) is 14.3. The molecule has 1 unspecified atom stereocenters. The summed E-state index contributed by atoms with van der Waals surface area (Å²) in [6.45, 7) is 3.25. The number of guanidine groups is 1. The number of likely N-dealkylation sites (tertiary alicyclic amines) is 1. The van der Waals surface area contributed by atoms with Gasteiger partial charge >= 0.3 is 6.18 Å². The highest BCUT2D eigenvalue weighted by molar-refractivity contribution is 14.0. The van der Waals surface area contributed by atoms with Crippen molar-refractivity contribution in [1.29, 1.82) is 0 Å². The third-order valence-electron chi connectivity index (χ3n) is 3.96. The van der Waals surface area contributed by atoms with Gasteiger partial charge in [0.1, 0.15) is 6.61 Å². The van der Waals surface area contributed by atoms with E-state index < -0.39 is 12.8 Å². The first-order valence-corrected chi connectivity index (χ1v) is 8.10. The molecule has 0 amide bonds. The molecule has 0 radical (unpaired) electrons. The molecule has 0 bridgehead atoms. The van der Waals surface area contributed by atoms with Crippen molar-refractivity contribution in [2.24, 2.45) is 16.6 Å². The summed E-state index contributed by atoms with van der Waals surface area (Å²) < 4.78 is 40.7. The van der Waals surface area contributed by atoms with Crippen LogP contribution in [0.2, 0.25) is 0 Å². The molecule has 1 aliphatic heterocycles. The van der Waals surface area contributed by atoms with E-state index in [2.05, 4.69) is 21.6 Å². The lowest BCUT2D eigenvalue weighted by Gasteiger charge is -2.31. The number of benzene rings is 1. The Hall–Kier alpha value is -1.03. The van der Waals surface area contributed by atoms with Crippen LogP contribution in [-0.4, -0.2) is 36.7 Å². The van der Waals surface area contributed by atoms with Gasteiger partial charge in [0.05, 0.1) is 13.2 Å². The normalized spacial score (nSPS) is 18.8. The number of aliphatic imine (C=N–C) groups is 1. The maximum atomic E-state index is 12.0. The van der Waals surface area contributed by atoms with E-state index in [4.69, 9.17) is 5.73 Å². The molecule has 0 spiro atoms. The van der Waals surface area contributed by atoms with Crippen LogP contribution >= 0.6 is 24.0 Å². The average Bonchev–Trinajstić information content (AvgIpc) is 2.52. The summed E-state index contributed by atoms with van der Waals surface area (Å²) in [6, 6.07) is 7.17. The zero-order valence-corrected chi connectivity index (χ0v) is 16.6. The summed E-state index contributed by atoms with van der Waals surface area (Å²) in [5, 5.41) is 0. The predicted molar refractivity (Wildman–Crippen MR) is 103 cm³/mol. The van der Waals surface area contributed by atoms with Gasteiger partial charge in [-0.2, -0.15) is 13.2 Å². The van der Waals surface area contributed by atoms with Gasteiger partial charge in [0.25, 0.3) is 0 Å². The zero-order chi connectivity index (χ0) is 17.6. The number of rotatable bonds is 5. The first-order valence-electron chi connectivity index (χ1n) is 8.10. The molecule has 1 fully saturated rings. The lowest BCUT2D eigenvalue weighted by Crippen LogP contribution is -2.43. The number of hydrogen-bond acceptors (Lipinski definition) is 2. The minimum Gasteiger partial charge on any atom is -0.370 e. The lowest BCUT2D eigenvalue weighted by molar-refractivity contribution is -0.176. The van der Waals surface area contributed by atoms with Crippen molar-refractivity contribution in [3.05, 3.63) is 35.4 Å². The molecular formula is C17H25F3IN3O. The minimum absolute atomic E-state index is 0. The molecule has 2 rings (SSSR count). The first kappa shape index (κ1) is 22.0. The van der Waals surface area contributed by atoms with E-state index in [1.807, 2.05) is 12.1 Å². The molecule has 1 atom stereocenters. The van der Waals surface area contributed by atoms with Crippen LogP contribution in [-0.2, 0) is 17.9 Å². The second-order valence-electron chi connectivity index (χ2n) is 6.29. The average molecular weight is 471 g/mol. The van der Waals surface area contributed by atoms with Gasteiger partial charge in [0, 0.05) is 13.1 Å². The highest BCUT2D eigenvalue weighted by Gasteiger charge is 2.27. The fourth-order valence-electron chi connectivity index (χ4n) is 2.70. The summed E-state index contributed by atoms with van der Waals surface area (Å²) in [5.41, 5.74) is 7.70. The number of halogens is 4. The van der Waals surface area contributed by atoms with Gasteiger partial charge in [0.15, 0.2) is 5.96 Å². The number of hydrogen-bond donors (Lipinski definition) is 1. The van der Waals surface area contributed by atoms with Crippen LogP contribution in [0.25, 0.3) is 0 Å². The Kier molecular flexibility index (Phi) is 8.98. The van der Waals surface area contributed by atoms with E-state index in [9.17, 15) is 13.2 Å². The number of ether oxygens (including phenoxy) is 1. The van der Waals surface area contributed by atoms with E-state index in [-0.39, 0.29) is 30.6 Å². The number of alkyl halides is 3. The molecule has 1 saturated heterocycles. The molecule has 1 aromatic rings. The van der Waals surface area contributed by atoms with Crippen LogP contribution in [0.15, 0.2) is 29.3 Å². The SMILES string of the molecule is CC1CCCN(C(N)=NCc2ccc(COCC(F)(F)F)cc2)C1.I. The Balaban J connectivity index is 0.00000312. The van der Waals surface area contributed by atoms with Crippen molar-refractivity contribution in [3.63, 3.8) is 0 Å². The van der Waals surface area contributed by atoms with Crippen LogP contribution in [0, 0.1) is 5.92 Å². The van der Waals surface area contributed by atoms with E-state index >= 15 is 0 Å². The largest absolute Gasteiger partial charge is 0.411 e. The summed E-state index contributed by atoms with van der Waals surface area (Å²) in [5.74, 6) is 1.18. The fourth-order valence-corrected chi connectivity index (χ4v) is 2.70. The van der Waals surface area contributed by atoms with E-state index in [1.54, 1.807) is 12.1 Å². The molecule has 142 valence electrons. The maximum absolute atomic E-state index is 12.0. The second kappa shape index (κ2) is 10.2. The van der Waals surface area contributed by atoms with Crippen molar-refractivity contribution >= 4 is 29.9 Å². The molecular weight excluding hydrogens is 446 g/mol. The third kappa shape index (κ3) is 8.26. The van der Waals surface area contributed by atoms with Crippen LogP contribution in [0.1, 0.15) is 30.9 Å². The highest BCUT2D eigenvalue weighted by atomic mass is 127. The van der Waals surface area contributed by atoms with Crippen molar-refractivity contribution in [2.45, 2.75) is 39.1 Å². The quantitative estimate of drug-likeness (QED) is 0.403. The summed E-state index contributed by atoms with van der Waals surface area (Å²) in [6.07, 6.45) is -1.94. The van der Waals surface area contributed by atoms with Crippen LogP contribution in [0.5, 0.6) is 0 Å². The lowest BCUT2D eigenvalue weighted by atomic mass is 10.0. The Morgan fingerprint density at radius 1 is 1.28 bits per heavy atom. The highest BCUT2D eigenvalue weighted by Crippen LogP contribution is 2.17. The van der Waals surface area contributed by atoms with Gasteiger partial charge in [-0.15, -0.1) is 24.0 Å². The summed E-state index contributed by atoms with van der Waals surface area (Å²) in [7, 11) is 0. The molecule has 1 aromatic carbocycles. The molecule has 1 aliphatic rings. The molecule has 0 aromatic heterocycles. The monoisotopic (exact) mass is 471 g/mol. The van der Waals surface area contributed by atoms with Gasteiger partial charge in [-0.1, -0.05) is 31.2 Å². The van der Waals surface area contributed by atoms with Gasteiger partial charge in [0.2, 0.25) is 0 Å². The van der Waals surface area contributed by atoms with E-state index in [0.717, 1.165) is 25.1 Å². The fraction of sp³-hybridized carbons (Fsp3) is 0.588. The second-order valence-corrected chi connectivity index (χ2v) is 6.29. The minimum atomic E-state index is -4.29. The van der Waals surface area contributed by atoms with Gasteiger partial charge in [-0.05, 0) is 29.9 Å². The van der Waals surface area contributed by atoms with E-state index in [0.29, 0.717) is 24.0 Å². The van der Waals surface area contributed by atoms with Crippen molar-refractivity contribution in [3.8, 4) is 0 Å². The maximum Gasteiger partial charge on any atom is 0.411 e. The predicted octanol–water partition coefficient (Wildman–Crippen LogP) is 3.93. The van der Waals surface area contributed by atoms with Gasteiger partial charge < -0.3 is 15.4 Å². The van der Waals surface area contributed by atoms with E-state index in [1.165, 1.54) is 6.42 Å². The van der Waals surface area contributed by atoms with Crippen molar-refractivity contribution in [1.82, 2.24) is 4.90 Å². The molecule has 25 heavy (non-hydrogen) atoms. The van der Waals surface area contributed by atoms with Crippen LogP contribution < -0.4 is 5.73 Å². The number of nitrogens with two attached hydrogens (primary N) is 1. The van der Waals surface area contributed by atoms with Crippen LogP contribution in [0.4, 0.5) is 13.2 Å². The Labute approximate surface area is 163 Å². The molecule has 4 nitrogen and oxygen atoms in total. The molecule has 0 aliphatic carbocycles. The Morgan fingerprint density at radius 3 is 2.52 bits per heavy atom.